The summed E-state index contributed by atoms with van der Waals surface area (Å²) in [6, 6.07) is 6.22. The third-order valence-corrected chi connectivity index (χ3v) is 4.80. The third kappa shape index (κ3) is 4.07. The van der Waals surface area contributed by atoms with Crippen molar-refractivity contribution in [2.45, 2.75) is 52.2 Å². The van der Waals surface area contributed by atoms with Crippen LogP contribution in [-0.4, -0.2) is 39.6 Å². The highest BCUT2D eigenvalue weighted by atomic mass is 16.5. The summed E-state index contributed by atoms with van der Waals surface area (Å²) < 4.78 is 5.09. The number of aromatic amines is 1. The Morgan fingerprint density at radius 1 is 1.36 bits per heavy atom. The van der Waals surface area contributed by atoms with E-state index in [2.05, 4.69) is 47.2 Å². The highest BCUT2D eigenvalue weighted by Gasteiger charge is 2.30. The fourth-order valence-corrected chi connectivity index (χ4v) is 3.41. The maximum atomic E-state index is 13.0. The van der Waals surface area contributed by atoms with Crippen LogP contribution in [-0.2, 0) is 22.6 Å². The maximum absolute atomic E-state index is 13.0. The molecular weight excluding hydrogens is 316 g/mol. The second kappa shape index (κ2) is 7.78. The minimum atomic E-state index is -0.0479. The van der Waals surface area contributed by atoms with Crippen LogP contribution in [0.2, 0.25) is 0 Å². The highest BCUT2D eigenvalue weighted by Crippen LogP contribution is 2.29. The number of carbonyl (C=O) groups excluding carboxylic acids is 1. The van der Waals surface area contributed by atoms with Gasteiger partial charge in [0.2, 0.25) is 5.91 Å². The summed E-state index contributed by atoms with van der Waals surface area (Å²) in [6.07, 6.45) is 3.46. The van der Waals surface area contributed by atoms with Gasteiger partial charge in [-0.2, -0.15) is 5.10 Å². The van der Waals surface area contributed by atoms with Crippen LogP contribution in [0.25, 0.3) is 0 Å². The summed E-state index contributed by atoms with van der Waals surface area (Å²) in [5, 5.41) is 7.23. The van der Waals surface area contributed by atoms with Crippen molar-refractivity contribution in [1.82, 2.24) is 20.1 Å². The summed E-state index contributed by atoms with van der Waals surface area (Å²) in [6.45, 7) is 5.28. The number of aromatic nitrogens is 3. The van der Waals surface area contributed by atoms with Gasteiger partial charge < -0.3 is 9.64 Å². The zero-order valence-corrected chi connectivity index (χ0v) is 15.2. The molecule has 1 atom stereocenters. The molecule has 1 saturated heterocycles. The fraction of sp³-hybridized carbons (Fsp3) is 0.526. The minimum absolute atomic E-state index is 0.0479. The SMILES string of the molecule is COCc1nc(C2CCCCN2C(=O)Cc2cc(C)ccc2C)n[nH]1. The number of carbonyl (C=O) groups is 1. The molecule has 0 aliphatic carbocycles. The van der Waals surface area contributed by atoms with Gasteiger partial charge in [0.25, 0.3) is 0 Å². The summed E-state index contributed by atoms with van der Waals surface area (Å²) in [5.41, 5.74) is 3.44. The lowest BCUT2D eigenvalue weighted by Crippen LogP contribution is -2.40. The van der Waals surface area contributed by atoms with Crippen LogP contribution in [0.15, 0.2) is 18.2 Å². The Morgan fingerprint density at radius 2 is 2.20 bits per heavy atom. The lowest BCUT2D eigenvalue weighted by Gasteiger charge is -2.34. The molecule has 25 heavy (non-hydrogen) atoms. The van der Waals surface area contributed by atoms with Crippen molar-refractivity contribution in [2.75, 3.05) is 13.7 Å². The second-order valence-corrected chi connectivity index (χ2v) is 6.78. The summed E-state index contributed by atoms with van der Waals surface area (Å²) in [4.78, 5) is 19.4. The fourth-order valence-electron chi connectivity index (χ4n) is 3.41. The summed E-state index contributed by atoms with van der Waals surface area (Å²) in [7, 11) is 1.63. The van der Waals surface area contributed by atoms with E-state index >= 15 is 0 Å². The Balaban J connectivity index is 1.77. The number of amides is 1. The summed E-state index contributed by atoms with van der Waals surface area (Å²) >= 11 is 0. The molecular formula is C19H26N4O2. The van der Waals surface area contributed by atoms with E-state index in [4.69, 9.17) is 4.74 Å². The highest BCUT2D eigenvalue weighted by molar-refractivity contribution is 5.79. The van der Waals surface area contributed by atoms with E-state index in [0.717, 1.165) is 36.9 Å². The molecule has 1 N–H and O–H groups in total. The Hall–Kier alpha value is -2.21. The van der Waals surface area contributed by atoms with E-state index in [1.165, 1.54) is 5.56 Å². The summed E-state index contributed by atoms with van der Waals surface area (Å²) in [5.74, 6) is 1.54. The van der Waals surface area contributed by atoms with Gasteiger partial charge in [0.15, 0.2) is 11.6 Å². The first-order valence-corrected chi connectivity index (χ1v) is 8.84. The second-order valence-electron chi connectivity index (χ2n) is 6.78. The molecule has 0 spiro atoms. The van der Waals surface area contributed by atoms with Crippen molar-refractivity contribution in [3.05, 3.63) is 46.5 Å². The first-order valence-electron chi connectivity index (χ1n) is 8.84. The molecule has 0 radical (unpaired) electrons. The van der Waals surface area contributed by atoms with E-state index in [0.29, 0.717) is 24.7 Å². The number of ether oxygens (including phenoxy) is 1. The van der Waals surface area contributed by atoms with E-state index in [1.54, 1.807) is 7.11 Å². The zero-order valence-electron chi connectivity index (χ0n) is 15.2. The number of hydrogen-bond donors (Lipinski definition) is 1. The van der Waals surface area contributed by atoms with Crippen LogP contribution in [0.1, 0.15) is 53.6 Å². The minimum Gasteiger partial charge on any atom is -0.377 e. The van der Waals surface area contributed by atoms with E-state index in [1.807, 2.05) is 4.90 Å². The van der Waals surface area contributed by atoms with E-state index in [9.17, 15) is 4.79 Å². The number of methoxy groups -OCH3 is 1. The van der Waals surface area contributed by atoms with Crippen molar-refractivity contribution < 1.29 is 9.53 Å². The lowest BCUT2D eigenvalue weighted by atomic mass is 9.98. The van der Waals surface area contributed by atoms with Gasteiger partial charge in [-0.3, -0.25) is 9.89 Å². The Kier molecular flexibility index (Phi) is 5.48. The topological polar surface area (TPSA) is 71.1 Å². The molecule has 1 aliphatic heterocycles. The van der Waals surface area contributed by atoms with Gasteiger partial charge in [-0.05, 0) is 44.2 Å². The van der Waals surface area contributed by atoms with Gasteiger partial charge in [-0.1, -0.05) is 23.8 Å². The number of nitrogens with zero attached hydrogens (tertiary/aromatic N) is 3. The van der Waals surface area contributed by atoms with Crippen LogP contribution in [0, 0.1) is 13.8 Å². The monoisotopic (exact) mass is 342 g/mol. The molecule has 1 aromatic carbocycles. The standard InChI is InChI=1S/C19H26N4O2/c1-13-7-8-14(2)15(10-13)11-18(24)23-9-5-4-6-16(23)19-20-17(12-25-3)21-22-19/h7-8,10,16H,4-6,9,11-12H2,1-3H3,(H,20,21,22). The van der Waals surface area contributed by atoms with Crippen molar-refractivity contribution >= 4 is 5.91 Å². The van der Waals surface area contributed by atoms with Crippen LogP contribution in [0.5, 0.6) is 0 Å². The number of H-pyrrole nitrogens is 1. The number of likely N-dealkylation sites (tertiary alicyclic amines) is 1. The molecule has 1 unspecified atom stereocenters. The maximum Gasteiger partial charge on any atom is 0.227 e. The van der Waals surface area contributed by atoms with Crippen molar-refractivity contribution in [1.29, 1.82) is 0 Å². The molecule has 0 bridgehead atoms. The molecule has 2 aromatic rings. The smallest absolute Gasteiger partial charge is 0.227 e. The number of piperidine rings is 1. The van der Waals surface area contributed by atoms with Gasteiger partial charge >= 0.3 is 0 Å². The average molecular weight is 342 g/mol. The average Bonchev–Trinajstić information content (AvgIpc) is 3.07. The number of nitrogens with one attached hydrogen (secondary N) is 1. The normalized spacial score (nSPS) is 17.7. The molecule has 6 heteroatoms. The Morgan fingerprint density at radius 3 is 3.00 bits per heavy atom. The van der Waals surface area contributed by atoms with Crippen LogP contribution in [0.3, 0.4) is 0 Å². The number of rotatable bonds is 5. The molecule has 0 saturated carbocycles. The number of aryl methyl sites for hydroxylation is 2. The van der Waals surface area contributed by atoms with Crippen molar-refractivity contribution in [3.8, 4) is 0 Å². The van der Waals surface area contributed by atoms with Crippen molar-refractivity contribution in [2.24, 2.45) is 0 Å². The van der Waals surface area contributed by atoms with Crippen LogP contribution in [0.4, 0.5) is 0 Å². The van der Waals surface area contributed by atoms with Crippen molar-refractivity contribution in [3.63, 3.8) is 0 Å². The molecule has 1 amide bonds. The van der Waals surface area contributed by atoms with Gasteiger partial charge in [0.05, 0.1) is 12.5 Å². The molecule has 1 aromatic heterocycles. The third-order valence-electron chi connectivity index (χ3n) is 4.80. The molecule has 2 heterocycles. The van der Waals surface area contributed by atoms with E-state index < -0.39 is 0 Å². The molecule has 3 rings (SSSR count). The van der Waals surface area contributed by atoms with E-state index in [-0.39, 0.29) is 11.9 Å². The van der Waals surface area contributed by atoms with Crippen LogP contribution < -0.4 is 0 Å². The van der Waals surface area contributed by atoms with Gasteiger partial charge in [0.1, 0.15) is 6.61 Å². The number of hydrogen-bond acceptors (Lipinski definition) is 4. The molecule has 1 fully saturated rings. The molecule has 1 aliphatic rings. The van der Waals surface area contributed by atoms with Crippen LogP contribution >= 0.6 is 0 Å². The number of benzene rings is 1. The predicted molar refractivity (Wildman–Crippen MR) is 95.0 cm³/mol. The Bertz CT molecular complexity index is 741. The molecule has 134 valence electrons. The Labute approximate surface area is 148 Å². The first kappa shape index (κ1) is 17.6. The quantitative estimate of drug-likeness (QED) is 0.907. The molecule has 6 nitrogen and oxygen atoms in total. The zero-order chi connectivity index (χ0) is 17.8. The predicted octanol–water partition coefficient (Wildman–Crippen LogP) is 2.86. The van der Waals surface area contributed by atoms with Gasteiger partial charge in [0, 0.05) is 13.7 Å². The van der Waals surface area contributed by atoms with Gasteiger partial charge in [-0.25, -0.2) is 4.98 Å². The lowest BCUT2D eigenvalue weighted by molar-refractivity contribution is -0.134. The largest absolute Gasteiger partial charge is 0.377 e. The van der Waals surface area contributed by atoms with Gasteiger partial charge in [-0.15, -0.1) is 0 Å². The first-order chi connectivity index (χ1) is 12.1.